The average Bonchev–Trinajstić information content (AvgIpc) is 2.77. The predicted octanol–water partition coefficient (Wildman–Crippen LogP) is 8.40. The minimum absolute atomic E-state index is 0.807. The molecule has 0 heterocycles. The van der Waals surface area contributed by atoms with Crippen molar-refractivity contribution in [1.82, 2.24) is 0 Å². The molecule has 0 aliphatic heterocycles. The minimum Gasteiger partial charge on any atom is -0.494 e. The summed E-state index contributed by atoms with van der Waals surface area (Å²) in [6.07, 6.45) is 6.31. The third kappa shape index (κ3) is 6.09. The SMILES string of the molecule is C=C(C)c1ccc(-c2ccc(-c3ccc(OCCCCCCC)cc3)cc2)cc1. The summed E-state index contributed by atoms with van der Waals surface area (Å²) in [5.74, 6) is 0.957. The molecular weight excluding hydrogens is 352 g/mol. The van der Waals surface area contributed by atoms with Crippen LogP contribution in [-0.2, 0) is 0 Å². The van der Waals surface area contributed by atoms with Crippen LogP contribution in [0.4, 0.5) is 0 Å². The van der Waals surface area contributed by atoms with Crippen LogP contribution in [0.1, 0.15) is 51.5 Å². The molecule has 1 nitrogen and oxygen atoms in total. The summed E-state index contributed by atoms with van der Waals surface area (Å²) in [5, 5.41) is 0. The summed E-state index contributed by atoms with van der Waals surface area (Å²) >= 11 is 0. The summed E-state index contributed by atoms with van der Waals surface area (Å²) in [7, 11) is 0. The lowest BCUT2D eigenvalue weighted by atomic mass is 9.98. The Kier molecular flexibility index (Phi) is 7.69. The zero-order valence-electron chi connectivity index (χ0n) is 17.8. The van der Waals surface area contributed by atoms with Crippen LogP contribution in [0.2, 0.25) is 0 Å². The van der Waals surface area contributed by atoms with Gasteiger partial charge in [-0.2, -0.15) is 0 Å². The van der Waals surface area contributed by atoms with Crippen molar-refractivity contribution in [3.05, 3.63) is 84.9 Å². The zero-order valence-corrected chi connectivity index (χ0v) is 17.8. The van der Waals surface area contributed by atoms with Crippen molar-refractivity contribution < 1.29 is 4.74 Å². The number of ether oxygens (including phenoxy) is 1. The number of rotatable bonds is 10. The lowest BCUT2D eigenvalue weighted by Gasteiger charge is -2.09. The van der Waals surface area contributed by atoms with Crippen molar-refractivity contribution in [1.29, 1.82) is 0 Å². The standard InChI is InChI=1S/C28H32O/c1-4-5-6-7-8-21-29-28-19-17-27(18-20-28)26-15-13-25(14-16-26)24-11-9-23(10-12-24)22(2)3/h9-20H,2,4-8,21H2,1,3H3. The van der Waals surface area contributed by atoms with E-state index in [0.717, 1.165) is 24.4 Å². The first-order valence-corrected chi connectivity index (χ1v) is 10.8. The minimum atomic E-state index is 0.807. The van der Waals surface area contributed by atoms with Crippen molar-refractivity contribution in [2.24, 2.45) is 0 Å². The number of allylic oxidation sites excluding steroid dienone is 1. The molecule has 0 amide bonds. The van der Waals surface area contributed by atoms with Crippen molar-refractivity contribution in [3.63, 3.8) is 0 Å². The largest absolute Gasteiger partial charge is 0.494 e. The predicted molar refractivity (Wildman–Crippen MR) is 126 cm³/mol. The van der Waals surface area contributed by atoms with E-state index in [1.807, 2.05) is 6.92 Å². The van der Waals surface area contributed by atoms with Gasteiger partial charge in [-0.3, -0.25) is 0 Å². The fraction of sp³-hybridized carbons (Fsp3) is 0.286. The number of benzene rings is 3. The third-order valence-corrected chi connectivity index (χ3v) is 5.30. The topological polar surface area (TPSA) is 9.23 Å². The second-order valence-electron chi connectivity index (χ2n) is 7.72. The van der Waals surface area contributed by atoms with Crippen LogP contribution in [0.15, 0.2) is 79.4 Å². The maximum atomic E-state index is 5.87. The second kappa shape index (κ2) is 10.7. The van der Waals surface area contributed by atoms with E-state index < -0.39 is 0 Å². The van der Waals surface area contributed by atoms with Crippen LogP contribution in [0.3, 0.4) is 0 Å². The Morgan fingerprint density at radius 1 is 0.655 bits per heavy atom. The van der Waals surface area contributed by atoms with E-state index in [4.69, 9.17) is 4.74 Å². The smallest absolute Gasteiger partial charge is 0.119 e. The first kappa shape index (κ1) is 20.9. The molecule has 0 spiro atoms. The molecule has 0 aliphatic rings. The van der Waals surface area contributed by atoms with E-state index in [9.17, 15) is 0 Å². The number of hydrogen-bond donors (Lipinski definition) is 0. The first-order valence-electron chi connectivity index (χ1n) is 10.8. The van der Waals surface area contributed by atoms with E-state index in [0.29, 0.717) is 0 Å². The average molecular weight is 385 g/mol. The second-order valence-corrected chi connectivity index (χ2v) is 7.72. The Bertz CT molecular complexity index is 887. The molecule has 0 fully saturated rings. The third-order valence-electron chi connectivity index (χ3n) is 5.30. The molecule has 0 unspecified atom stereocenters. The number of hydrogen-bond acceptors (Lipinski definition) is 1. The highest BCUT2D eigenvalue weighted by molar-refractivity contribution is 5.72. The van der Waals surface area contributed by atoms with Gasteiger partial charge in [0.05, 0.1) is 6.61 Å². The molecule has 0 saturated carbocycles. The van der Waals surface area contributed by atoms with E-state index in [-0.39, 0.29) is 0 Å². The fourth-order valence-corrected chi connectivity index (χ4v) is 3.44. The highest BCUT2D eigenvalue weighted by Crippen LogP contribution is 2.27. The molecule has 0 radical (unpaired) electrons. The Hall–Kier alpha value is -2.80. The maximum Gasteiger partial charge on any atom is 0.119 e. The van der Waals surface area contributed by atoms with Crippen LogP contribution in [0.25, 0.3) is 27.8 Å². The van der Waals surface area contributed by atoms with Crippen molar-refractivity contribution in [2.75, 3.05) is 6.61 Å². The van der Waals surface area contributed by atoms with Crippen molar-refractivity contribution in [2.45, 2.75) is 46.0 Å². The van der Waals surface area contributed by atoms with Gasteiger partial charge < -0.3 is 4.74 Å². The Morgan fingerprint density at radius 2 is 1.10 bits per heavy atom. The molecule has 0 aliphatic carbocycles. The van der Waals surface area contributed by atoms with E-state index in [1.165, 1.54) is 53.5 Å². The van der Waals surface area contributed by atoms with Gasteiger partial charge in [0.15, 0.2) is 0 Å². The molecule has 0 atom stereocenters. The Balaban J connectivity index is 1.57. The number of unbranched alkanes of at least 4 members (excludes halogenated alkanes) is 4. The van der Waals surface area contributed by atoms with Gasteiger partial charge in [-0.05, 0) is 53.3 Å². The van der Waals surface area contributed by atoms with Gasteiger partial charge in [-0.15, -0.1) is 0 Å². The molecule has 0 bridgehead atoms. The Labute approximate surface area is 176 Å². The molecule has 3 aromatic carbocycles. The molecule has 0 N–H and O–H groups in total. The summed E-state index contributed by atoms with van der Waals surface area (Å²) in [6.45, 7) is 9.09. The van der Waals surface area contributed by atoms with Gasteiger partial charge in [0.1, 0.15) is 5.75 Å². The summed E-state index contributed by atoms with van der Waals surface area (Å²) in [4.78, 5) is 0. The van der Waals surface area contributed by atoms with Crippen molar-refractivity contribution >= 4 is 5.57 Å². The molecule has 0 aromatic heterocycles. The lowest BCUT2D eigenvalue weighted by molar-refractivity contribution is 0.304. The highest BCUT2D eigenvalue weighted by Gasteiger charge is 2.02. The normalized spacial score (nSPS) is 10.7. The lowest BCUT2D eigenvalue weighted by Crippen LogP contribution is -1.97. The first-order chi connectivity index (χ1) is 14.2. The molecular formula is C28H32O. The van der Waals surface area contributed by atoms with Gasteiger partial charge in [0.25, 0.3) is 0 Å². The van der Waals surface area contributed by atoms with Gasteiger partial charge in [-0.1, -0.05) is 105 Å². The van der Waals surface area contributed by atoms with Crippen LogP contribution in [-0.4, -0.2) is 6.61 Å². The van der Waals surface area contributed by atoms with Gasteiger partial charge in [-0.25, -0.2) is 0 Å². The van der Waals surface area contributed by atoms with E-state index in [2.05, 4.69) is 86.3 Å². The fourth-order valence-electron chi connectivity index (χ4n) is 3.44. The van der Waals surface area contributed by atoms with E-state index in [1.54, 1.807) is 0 Å². The monoisotopic (exact) mass is 384 g/mol. The molecule has 3 aromatic rings. The highest BCUT2D eigenvalue weighted by atomic mass is 16.5. The van der Waals surface area contributed by atoms with Crippen LogP contribution < -0.4 is 4.74 Å². The van der Waals surface area contributed by atoms with Crippen molar-refractivity contribution in [3.8, 4) is 28.0 Å². The van der Waals surface area contributed by atoms with Gasteiger partial charge in [0, 0.05) is 0 Å². The molecule has 0 saturated heterocycles. The van der Waals surface area contributed by atoms with E-state index >= 15 is 0 Å². The molecule has 1 heteroatoms. The Morgan fingerprint density at radius 3 is 1.59 bits per heavy atom. The van der Waals surface area contributed by atoms with Crippen LogP contribution >= 0.6 is 0 Å². The molecule has 150 valence electrons. The van der Waals surface area contributed by atoms with Gasteiger partial charge in [0.2, 0.25) is 0 Å². The summed E-state index contributed by atoms with van der Waals surface area (Å²) < 4.78 is 5.87. The van der Waals surface area contributed by atoms with Crippen LogP contribution in [0.5, 0.6) is 5.75 Å². The van der Waals surface area contributed by atoms with Gasteiger partial charge >= 0.3 is 0 Å². The maximum absolute atomic E-state index is 5.87. The summed E-state index contributed by atoms with van der Waals surface area (Å²) in [5.41, 5.74) is 7.17. The zero-order chi connectivity index (χ0) is 20.5. The quantitative estimate of drug-likeness (QED) is 0.319. The van der Waals surface area contributed by atoms with Crippen LogP contribution in [0, 0.1) is 0 Å². The molecule has 29 heavy (non-hydrogen) atoms. The summed E-state index contributed by atoms with van der Waals surface area (Å²) in [6, 6.07) is 25.8. The molecule has 3 rings (SSSR count).